The molecule has 0 radical (unpaired) electrons. The fraction of sp³-hybridized carbons (Fsp3) is 0.500. The number of hydrogen-bond acceptors (Lipinski definition) is 3. The summed E-state index contributed by atoms with van der Waals surface area (Å²) < 4.78 is 5.38. The Morgan fingerprint density at radius 2 is 2.37 bits per heavy atom. The van der Waals surface area contributed by atoms with Crippen LogP contribution in [0.15, 0.2) is 18.2 Å². The number of carbonyl (C=O) groups excluding carboxylic acids is 1. The van der Waals surface area contributed by atoms with E-state index in [1.165, 1.54) is 0 Å². The number of phenolic OH excluding ortho intramolecular Hbond substituents is 1. The number of halogens is 1. The topological polar surface area (TPSA) is 58.6 Å². The molecule has 104 valence electrons. The van der Waals surface area contributed by atoms with Gasteiger partial charge in [0.25, 0.3) is 0 Å². The number of amides is 1. The molecule has 1 saturated heterocycles. The van der Waals surface area contributed by atoms with Crippen LogP contribution in [0.4, 0.5) is 5.69 Å². The van der Waals surface area contributed by atoms with Gasteiger partial charge in [-0.1, -0.05) is 17.7 Å². The largest absolute Gasteiger partial charge is 0.504 e. The van der Waals surface area contributed by atoms with Crippen molar-refractivity contribution in [3.05, 3.63) is 23.2 Å². The predicted octanol–water partition coefficient (Wildman–Crippen LogP) is 3.19. The number of aromatic hydroxyl groups is 1. The summed E-state index contributed by atoms with van der Waals surface area (Å²) in [6.45, 7) is 1.58. The number of phenols is 1. The molecule has 19 heavy (non-hydrogen) atoms. The summed E-state index contributed by atoms with van der Waals surface area (Å²) in [7, 11) is 0. The van der Waals surface area contributed by atoms with Gasteiger partial charge in [0.1, 0.15) is 0 Å². The molecular weight excluding hydrogens is 266 g/mol. The Kier molecular flexibility index (Phi) is 5.05. The van der Waals surface area contributed by atoms with Crippen LogP contribution in [0, 0.1) is 5.92 Å². The minimum absolute atomic E-state index is 0.0847. The summed E-state index contributed by atoms with van der Waals surface area (Å²) in [5, 5.41) is 12.6. The number of nitrogens with one attached hydrogen (secondary N) is 1. The van der Waals surface area contributed by atoms with Crippen molar-refractivity contribution in [1.82, 2.24) is 0 Å². The average molecular weight is 284 g/mol. The van der Waals surface area contributed by atoms with Crippen molar-refractivity contribution in [2.24, 2.45) is 5.92 Å². The quantitative estimate of drug-likeness (QED) is 0.834. The molecular formula is C14H18ClNO3. The van der Waals surface area contributed by atoms with Gasteiger partial charge in [0, 0.05) is 19.6 Å². The number of benzene rings is 1. The number of para-hydroxylation sites is 1. The van der Waals surface area contributed by atoms with Crippen LogP contribution >= 0.6 is 11.6 Å². The van der Waals surface area contributed by atoms with E-state index >= 15 is 0 Å². The second-order valence-electron chi connectivity index (χ2n) is 4.81. The van der Waals surface area contributed by atoms with E-state index in [9.17, 15) is 9.90 Å². The lowest BCUT2D eigenvalue weighted by molar-refractivity contribution is -0.116. The molecule has 0 bridgehead atoms. The van der Waals surface area contributed by atoms with E-state index in [0.29, 0.717) is 18.0 Å². The van der Waals surface area contributed by atoms with E-state index < -0.39 is 0 Å². The molecule has 2 rings (SSSR count). The normalized spacial score (nSPS) is 19.1. The highest BCUT2D eigenvalue weighted by atomic mass is 35.5. The van der Waals surface area contributed by atoms with Gasteiger partial charge in [-0.05, 0) is 37.3 Å². The Labute approximate surface area is 117 Å². The maximum absolute atomic E-state index is 11.8. The first-order valence-corrected chi connectivity index (χ1v) is 6.89. The van der Waals surface area contributed by atoms with Crippen LogP contribution in [0.25, 0.3) is 0 Å². The fourth-order valence-corrected chi connectivity index (χ4v) is 2.37. The monoisotopic (exact) mass is 283 g/mol. The molecule has 0 saturated carbocycles. The molecule has 1 amide bonds. The van der Waals surface area contributed by atoms with Crippen LogP contribution in [0.3, 0.4) is 0 Å². The number of carbonyl (C=O) groups is 1. The summed E-state index contributed by atoms with van der Waals surface area (Å²) in [5.74, 6) is 0.272. The maximum atomic E-state index is 11.8. The molecule has 1 unspecified atom stereocenters. The first-order chi connectivity index (χ1) is 9.16. The molecule has 1 atom stereocenters. The van der Waals surface area contributed by atoms with Crippen molar-refractivity contribution >= 4 is 23.2 Å². The number of anilines is 1. The molecule has 1 aliphatic rings. The molecule has 4 nitrogen and oxygen atoms in total. The van der Waals surface area contributed by atoms with Crippen LogP contribution in [-0.2, 0) is 9.53 Å². The van der Waals surface area contributed by atoms with E-state index in [-0.39, 0.29) is 16.7 Å². The standard InChI is InChI=1S/C14H18ClNO3/c15-11-4-1-5-12(14(11)18)16-13(17)7-6-10-3-2-8-19-9-10/h1,4-5,10,18H,2-3,6-9H2,(H,16,17). The lowest BCUT2D eigenvalue weighted by atomic mass is 9.97. The molecule has 1 fully saturated rings. The zero-order valence-electron chi connectivity index (χ0n) is 10.7. The van der Waals surface area contributed by atoms with Crippen LogP contribution in [-0.4, -0.2) is 24.2 Å². The van der Waals surface area contributed by atoms with E-state index in [2.05, 4.69) is 5.32 Å². The van der Waals surface area contributed by atoms with Gasteiger partial charge in [-0.15, -0.1) is 0 Å². The molecule has 1 heterocycles. The molecule has 1 aromatic carbocycles. The highest BCUT2D eigenvalue weighted by Gasteiger charge is 2.16. The van der Waals surface area contributed by atoms with Crippen LogP contribution in [0.2, 0.25) is 5.02 Å². The van der Waals surface area contributed by atoms with Crippen molar-refractivity contribution in [3.8, 4) is 5.75 Å². The molecule has 0 aliphatic carbocycles. The van der Waals surface area contributed by atoms with E-state index in [0.717, 1.165) is 32.5 Å². The number of ether oxygens (including phenoxy) is 1. The molecule has 1 aromatic rings. The fourth-order valence-electron chi connectivity index (χ4n) is 2.20. The van der Waals surface area contributed by atoms with E-state index in [1.54, 1.807) is 18.2 Å². The third kappa shape index (κ3) is 4.11. The van der Waals surface area contributed by atoms with Crippen molar-refractivity contribution < 1.29 is 14.6 Å². The SMILES string of the molecule is O=C(CCC1CCCOC1)Nc1cccc(Cl)c1O. The first-order valence-electron chi connectivity index (χ1n) is 6.52. The third-order valence-electron chi connectivity index (χ3n) is 3.30. The first kappa shape index (κ1) is 14.2. The second-order valence-corrected chi connectivity index (χ2v) is 5.21. The molecule has 0 aromatic heterocycles. The Bertz CT molecular complexity index is 444. The van der Waals surface area contributed by atoms with Crippen molar-refractivity contribution in [3.63, 3.8) is 0 Å². The Morgan fingerprint density at radius 1 is 1.53 bits per heavy atom. The lowest BCUT2D eigenvalue weighted by Gasteiger charge is -2.21. The van der Waals surface area contributed by atoms with Gasteiger partial charge >= 0.3 is 0 Å². The Morgan fingerprint density at radius 3 is 3.11 bits per heavy atom. The predicted molar refractivity (Wildman–Crippen MR) is 74.5 cm³/mol. The summed E-state index contributed by atoms with van der Waals surface area (Å²) in [4.78, 5) is 11.8. The van der Waals surface area contributed by atoms with Gasteiger partial charge in [-0.3, -0.25) is 4.79 Å². The Balaban J connectivity index is 1.82. The van der Waals surface area contributed by atoms with Crippen molar-refractivity contribution in [2.75, 3.05) is 18.5 Å². The molecule has 0 spiro atoms. The summed E-state index contributed by atoms with van der Waals surface area (Å²) in [6, 6.07) is 4.89. The van der Waals surface area contributed by atoms with Crippen molar-refractivity contribution in [1.29, 1.82) is 0 Å². The molecule has 5 heteroatoms. The molecule has 1 aliphatic heterocycles. The smallest absolute Gasteiger partial charge is 0.224 e. The summed E-state index contributed by atoms with van der Waals surface area (Å²) in [5.41, 5.74) is 0.359. The number of rotatable bonds is 4. The zero-order chi connectivity index (χ0) is 13.7. The van der Waals surface area contributed by atoms with Crippen LogP contribution in [0.1, 0.15) is 25.7 Å². The second kappa shape index (κ2) is 6.78. The van der Waals surface area contributed by atoms with Gasteiger partial charge in [0.05, 0.1) is 10.7 Å². The van der Waals surface area contributed by atoms with E-state index in [4.69, 9.17) is 16.3 Å². The van der Waals surface area contributed by atoms with Gasteiger partial charge in [0.2, 0.25) is 5.91 Å². The van der Waals surface area contributed by atoms with Gasteiger partial charge in [-0.25, -0.2) is 0 Å². The molecule has 2 N–H and O–H groups in total. The van der Waals surface area contributed by atoms with Crippen LogP contribution < -0.4 is 5.32 Å². The summed E-state index contributed by atoms with van der Waals surface area (Å²) in [6.07, 6.45) is 3.43. The number of hydrogen-bond donors (Lipinski definition) is 2. The van der Waals surface area contributed by atoms with Crippen LogP contribution in [0.5, 0.6) is 5.75 Å². The highest BCUT2D eigenvalue weighted by Crippen LogP contribution is 2.31. The Hall–Kier alpha value is -1.26. The van der Waals surface area contributed by atoms with Crippen molar-refractivity contribution in [2.45, 2.75) is 25.7 Å². The maximum Gasteiger partial charge on any atom is 0.224 e. The minimum atomic E-state index is -0.108. The van der Waals surface area contributed by atoms with Gasteiger partial charge < -0.3 is 15.2 Å². The minimum Gasteiger partial charge on any atom is -0.504 e. The van der Waals surface area contributed by atoms with Gasteiger partial charge in [0.15, 0.2) is 5.75 Å². The third-order valence-corrected chi connectivity index (χ3v) is 3.60. The van der Waals surface area contributed by atoms with Gasteiger partial charge in [-0.2, -0.15) is 0 Å². The highest BCUT2D eigenvalue weighted by molar-refractivity contribution is 6.32. The average Bonchev–Trinajstić information content (AvgIpc) is 2.43. The van der Waals surface area contributed by atoms with E-state index in [1.807, 2.05) is 0 Å². The summed E-state index contributed by atoms with van der Waals surface area (Å²) >= 11 is 5.78. The lowest BCUT2D eigenvalue weighted by Crippen LogP contribution is -2.20. The zero-order valence-corrected chi connectivity index (χ0v) is 11.4.